The smallest absolute Gasteiger partial charge is 0.297 e. The molecule has 0 saturated carbocycles. The van der Waals surface area contributed by atoms with Gasteiger partial charge >= 0.3 is 0 Å². The fraction of sp³-hybridized carbons (Fsp3) is 0.368. The minimum absolute atomic E-state index is 0.235. The fourth-order valence-electron chi connectivity index (χ4n) is 3.07. The van der Waals surface area contributed by atoms with Crippen LogP contribution >= 0.6 is 0 Å². The van der Waals surface area contributed by atoms with Crippen molar-refractivity contribution in [2.75, 3.05) is 13.1 Å². The van der Waals surface area contributed by atoms with E-state index < -0.39 is 10.1 Å². The van der Waals surface area contributed by atoms with Gasteiger partial charge < -0.3 is 0 Å². The topological polar surface area (TPSA) is 46.6 Å². The summed E-state index contributed by atoms with van der Waals surface area (Å²) in [4.78, 5) is 2.62. The van der Waals surface area contributed by atoms with Crippen molar-refractivity contribution in [2.24, 2.45) is 0 Å². The van der Waals surface area contributed by atoms with E-state index in [1.54, 1.807) is 25.1 Å². The highest BCUT2D eigenvalue weighted by molar-refractivity contribution is 7.86. The molecule has 3 rings (SSSR count). The van der Waals surface area contributed by atoms with E-state index in [2.05, 4.69) is 17.0 Å². The zero-order valence-corrected chi connectivity index (χ0v) is 14.7. The lowest BCUT2D eigenvalue weighted by Gasteiger charge is -2.31. The van der Waals surface area contributed by atoms with E-state index >= 15 is 0 Å². The summed E-state index contributed by atoms with van der Waals surface area (Å²) in [5.41, 5.74) is 2.00. The highest BCUT2D eigenvalue weighted by Gasteiger charge is 2.26. The second kappa shape index (κ2) is 7.47. The lowest BCUT2D eigenvalue weighted by Crippen LogP contribution is -2.37. The van der Waals surface area contributed by atoms with Crippen LogP contribution < -0.4 is 0 Å². The Morgan fingerprint density at radius 3 is 2.29 bits per heavy atom. The number of rotatable bonds is 5. The van der Waals surface area contributed by atoms with Crippen LogP contribution in [0.25, 0.3) is 0 Å². The van der Waals surface area contributed by atoms with Crippen molar-refractivity contribution in [3.63, 3.8) is 0 Å². The third-order valence-electron chi connectivity index (χ3n) is 4.41. The highest BCUT2D eigenvalue weighted by Crippen LogP contribution is 2.23. The quantitative estimate of drug-likeness (QED) is 0.780. The number of aryl methyl sites for hydroxylation is 1. The molecule has 0 aromatic heterocycles. The molecule has 1 heterocycles. The second-order valence-electron chi connectivity index (χ2n) is 6.28. The van der Waals surface area contributed by atoms with Crippen LogP contribution in [-0.4, -0.2) is 32.5 Å². The van der Waals surface area contributed by atoms with Gasteiger partial charge in [-0.05, 0) is 37.0 Å². The molecule has 1 saturated heterocycles. The molecule has 0 bridgehead atoms. The van der Waals surface area contributed by atoms with Crippen LogP contribution in [0.2, 0.25) is 0 Å². The summed E-state index contributed by atoms with van der Waals surface area (Å²) in [6.07, 6.45) is 1.23. The lowest BCUT2D eigenvalue weighted by atomic mass is 10.1. The average Bonchev–Trinajstić information content (AvgIpc) is 2.58. The predicted molar refractivity (Wildman–Crippen MR) is 94.2 cm³/mol. The maximum atomic E-state index is 12.5. The van der Waals surface area contributed by atoms with E-state index in [1.165, 1.54) is 5.56 Å². The van der Waals surface area contributed by atoms with Crippen molar-refractivity contribution < 1.29 is 12.6 Å². The van der Waals surface area contributed by atoms with Crippen LogP contribution in [0.4, 0.5) is 0 Å². The molecule has 24 heavy (non-hydrogen) atoms. The van der Waals surface area contributed by atoms with Gasteiger partial charge in [-0.3, -0.25) is 9.08 Å². The van der Waals surface area contributed by atoms with Gasteiger partial charge in [-0.2, -0.15) is 8.42 Å². The largest absolute Gasteiger partial charge is 0.299 e. The molecule has 4 nitrogen and oxygen atoms in total. The van der Waals surface area contributed by atoms with Crippen LogP contribution in [0.15, 0.2) is 59.5 Å². The van der Waals surface area contributed by atoms with Crippen LogP contribution in [0.3, 0.4) is 0 Å². The Morgan fingerprint density at radius 2 is 1.62 bits per heavy atom. The monoisotopic (exact) mass is 345 g/mol. The first-order chi connectivity index (χ1) is 11.5. The molecular formula is C19H23NO3S. The Labute approximate surface area is 144 Å². The SMILES string of the molecule is Cc1ccccc1S(=O)(=O)OC1CCN(Cc2ccccc2)CC1. The average molecular weight is 345 g/mol. The van der Waals surface area contributed by atoms with Crippen LogP contribution in [0.5, 0.6) is 0 Å². The molecule has 0 aliphatic carbocycles. The van der Waals surface area contributed by atoms with Crippen LogP contribution in [0, 0.1) is 6.92 Å². The molecule has 0 amide bonds. The first-order valence-corrected chi connectivity index (χ1v) is 9.70. The molecule has 0 atom stereocenters. The minimum atomic E-state index is -3.69. The molecule has 2 aromatic rings. The second-order valence-corrected chi connectivity index (χ2v) is 7.82. The summed E-state index contributed by atoms with van der Waals surface area (Å²) in [5.74, 6) is 0. The van der Waals surface area contributed by atoms with Crippen molar-refractivity contribution in [1.29, 1.82) is 0 Å². The van der Waals surface area contributed by atoms with E-state index in [0.717, 1.165) is 38.0 Å². The Balaban J connectivity index is 1.56. The number of hydrogen-bond acceptors (Lipinski definition) is 4. The number of benzene rings is 2. The summed E-state index contributed by atoms with van der Waals surface area (Å²) >= 11 is 0. The van der Waals surface area contributed by atoms with Crippen molar-refractivity contribution in [3.05, 3.63) is 65.7 Å². The van der Waals surface area contributed by atoms with Crippen molar-refractivity contribution >= 4 is 10.1 Å². The van der Waals surface area contributed by atoms with Gasteiger partial charge in [-0.25, -0.2) is 0 Å². The summed E-state index contributed by atoms with van der Waals surface area (Å²) in [6.45, 7) is 4.39. The fourth-order valence-corrected chi connectivity index (χ4v) is 4.44. The lowest BCUT2D eigenvalue weighted by molar-refractivity contribution is 0.102. The molecule has 0 N–H and O–H groups in total. The molecule has 0 unspecified atom stereocenters. The van der Waals surface area contributed by atoms with E-state index in [4.69, 9.17) is 4.18 Å². The highest BCUT2D eigenvalue weighted by atomic mass is 32.2. The van der Waals surface area contributed by atoms with Gasteiger partial charge in [0.2, 0.25) is 0 Å². The molecule has 2 aromatic carbocycles. The molecular weight excluding hydrogens is 322 g/mol. The third-order valence-corrected chi connectivity index (χ3v) is 5.93. The number of nitrogens with zero attached hydrogens (tertiary/aromatic N) is 1. The minimum Gasteiger partial charge on any atom is -0.299 e. The zero-order chi connectivity index (χ0) is 17.0. The third kappa shape index (κ3) is 4.23. The van der Waals surface area contributed by atoms with Gasteiger partial charge in [0.15, 0.2) is 0 Å². The molecule has 1 aliphatic heterocycles. The zero-order valence-electron chi connectivity index (χ0n) is 13.9. The van der Waals surface area contributed by atoms with Crippen molar-refractivity contribution in [2.45, 2.75) is 37.3 Å². The maximum Gasteiger partial charge on any atom is 0.297 e. The molecule has 128 valence electrons. The summed E-state index contributed by atoms with van der Waals surface area (Å²) in [7, 11) is -3.69. The Bertz CT molecular complexity index is 766. The molecule has 1 fully saturated rings. The number of hydrogen-bond donors (Lipinski definition) is 0. The molecule has 5 heteroatoms. The summed E-state index contributed by atoms with van der Waals surface area (Å²) < 4.78 is 30.4. The van der Waals surface area contributed by atoms with Crippen molar-refractivity contribution in [3.8, 4) is 0 Å². The van der Waals surface area contributed by atoms with Gasteiger partial charge in [0.05, 0.1) is 11.0 Å². The molecule has 0 radical (unpaired) electrons. The van der Waals surface area contributed by atoms with E-state index in [-0.39, 0.29) is 11.0 Å². The molecule has 1 aliphatic rings. The number of likely N-dealkylation sites (tertiary alicyclic amines) is 1. The van der Waals surface area contributed by atoms with Gasteiger partial charge in [-0.1, -0.05) is 48.5 Å². The first-order valence-electron chi connectivity index (χ1n) is 8.30. The Morgan fingerprint density at radius 1 is 1.00 bits per heavy atom. The van der Waals surface area contributed by atoms with Crippen molar-refractivity contribution in [1.82, 2.24) is 4.90 Å². The normalized spacial score (nSPS) is 17.0. The summed E-state index contributed by atoms with van der Waals surface area (Å²) in [6, 6.07) is 17.3. The van der Waals surface area contributed by atoms with Gasteiger partial charge in [0, 0.05) is 19.6 Å². The Hall–Kier alpha value is -1.69. The van der Waals surface area contributed by atoms with Crippen LogP contribution in [-0.2, 0) is 20.8 Å². The van der Waals surface area contributed by atoms with E-state index in [0.29, 0.717) is 0 Å². The van der Waals surface area contributed by atoms with Crippen LogP contribution in [0.1, 0.15) is 24.0 Å². The Kier molecular flexibility index (Phi) is 5.33. The molecule has 0 spiro atoms. The van der Waals surface area contributed by atoms with Gasteiger partial charge in [0.1, 0.15) is 0 Å². The predicted octanol–water partition coefficient (Wildman–Crippen LogP) is 3.36. The number of piperidine rings is 1. The maximum absolute atomic E-state index is 12.5. The first kappa shape index (κ1) is 17.1. The standard InChI is InChI=1S/C19H23NO3S/c1-16-7-5-6-10-19(16)24(21,22)23-18-11-13-20(14-12-18)15-17-8-3-2-4-9-17/h2-10,18H,11-15H2,1H3. The van der Waals surface area contributed by atoms with Gasteiger partial charge in [0.25, 0.3) is 10.1 Å². The van der Waals surface area contributed by atoms with E-state index in [1.807, 2.05) is 24.3 Å². The summed E-state index contributed by atoms with van der Waals surface area (Å²) in [5, 5.41) is 0. The van der Waals surface area contributed by atoms with Gasteiger partial charge in [-0.15, -0.1) is 0 Å². The van der Waals surface area contributed by atoms with E-state index in [9.17, 15) is 8.42 Å².